The molecule has 2 atom stereocenters. The van der Waals surface area contributed by atoms with Gasteiger partial charge in [0.2, 0.25) is 0 Å². The summed E-state index contributed by atoms with van der Waals surface area (Å²) in [5.74, 6) is 0. The van der Waals surface area contributed by atoms with Crippen molar-refractivity contribution in [2.24, 2.45) is 22.9 Å². The minimum absolute atomic E-state index is 0.613. The molecule has 0 saturated heterocycles. The SMILES string of the molecule is NC(=O)OCC(OC(N)=O)C(COC(N)=O)OC(N)=O. The number of hydrogen-bond acceptors (Lipinski definition) is 8. The zero-order valence-electron chi connectivity index (χ0n) is 10.1. The molecule has 8 N–H and O–H groups in total. The van der Waals surface area contributed by atoms with Gasteiger partial charge in [-0.3, -0.25) is 0 Å². The van der Waals surface area contributed by atoms with Crippen LogP contribution in [-0.4, -0.2) is 49.8 Å². The molecule has 0 radical (unpaired) electrons. The third-order valence-electron chi connectivity index (χ3n) is 1.73. The van der Waals surface area contributed by atoms with Crippen LogP contribution >= 0.6 is 0 Å². The van der Waals surface area contributed by atoms with Gasteiger partial charge >= 0.3 is 24.4 Å². The van der Waals surface area contributed by atoms with Crippen LogP contribution in [0.15, 0.2) is 0 Å². The highest BCUT2D eigenvalue weighted by atomic mass is 16.6. The fourth-order valence-electron chi connectivity index (χ4n) is 1.06. The van der Waals surface area contributed by atoms with Gasteiger partial charge in [-0.15, -0.1) is 0 Å². The Kier molecular flexibility index (Phi) is 7.03. The van der Waals surface area contributed by atoms with Gasteiger partial charge in [0.05, 0.1) is 0 Å². The summed E-state index contributed by atoms with van der Waals surface area (Å²) in [5, 5.41) is 0. The van der Waals surface area contributed by atoms with Crippen LogP contribution in [0.4, 0.5) is 19.2 Å². The predicted molar refractivity (Wildman–Crippen MR) is 60.0 cm³/mol. The highest BCUT2D eigenvalue weighted by Crippen LogP contribution is 2.07. The summed E-state index contributed by atoms with van der Waals surface area (Å²) in [5.41, 5.74) is 19.0. The van der Waals surface area contributed by atoms with Crippen molar-refractivity contribution in [3.8, 4) is 0 Å². The molecule has 0 aliphatic heterocycles. The van der Waals surface area contributed by atoms with E-state index in [2.05, 4.69) is 18.9 Å². The van der Waals surface area contributed by atoms with Crippen LogP contribution in [0.5, 0.6) is 0 Å². The number of amides is 4. The molecular formula is C8H14N4O8. The normalized spacial score (nSPS) is 12.6. The van der Waals surface area contributed by atoms with Crippen molar-refractivity contribution < 1.29 is 38.1 Å². The van der Waals surface area contributed by atoms with E-state index in [1.54, 1.807) is 0 Å². The van der Waals surface area contributed by atoms with Crippen molar-refractivity contribution >= 4 is 24.4 Å². The van der Waals surface area contributed by atoms with E-state index in [0.717, 1.165) is 0 Å². The summed E-state index contributed by atoms with van der Waals surface area (Å²) >= 11 is 0. The van der Waals surface area contributed by atoms with Crippen molar-refractivity contribution in [2.75, 3.05) is 13.2 Å². The largest absolute Gasteiger partial charge is 0.446 e. The minimum atomic E-state index is -1.40. The Balaban J connectivity index is 4.83. The van der Waals surface area contributed by atoms with Crippen molar-refractivity contribution in [1.82, 2.24) is 0 Å². The minimum Gasteiger partial charge on any atom is -0.446 e. The molecule has 0 rings (SSSR count). The zero-order chi connectivity index (χ0) is 15.7. The maximum Gasteiger partial charge on any atom is 0.405 e. The molecule has 4 amide bonds. The smallest absolute Gasteiger partial charge is 0.405 e. The van der Waals surface area contributed by atoms with E-state index in [0.29, 0.717) is 0 Å². The lowest BCUT2D eigenvalue weighted by Gasteiger charge is -2.24. The van der Waals surface area contributed by atoms with Crippen molar-refractivity contribution in [1.29, 1.82) is 0 Å². The molecule has 12 nitrogen and oxygen atoms in total. The van der Waals surface area contributed by atoms with Crippen LogP contribution in [0.25, 0.3) is 0 Å². The molecule has 0 aromatic rings. The van der Waals surface area contributed by atoms with Crippen molar-refractivity contribution in [3.05, 3.63) is 0 Å². The first-order valence-corrected chi connectivity index (χ1v) is 4.99. The third-order valence-corrected chi connectivity index (χ3v) is 1.73. The van der Waals surface area contributed by atoms with Crippen LogP contribution in [0, 0.1) is 0 Å². The highest BCUT2D eigenvalue weighted by Gasteiger charge is 2.30. The van der Waals surface area contributed by atoms with Crippen molar-refractivity contribution in [3.63, 3.8) is 0 Å². The molecular weight excluding hydrogens is 280 g/mol. The van der Waals surface area contributed by atoms with Crippen LogP contribution in [-0.2, 0) is 18.9 Å². The molecule has 0 heterocycles. The van der Waals surface area contributed by atoms with E-state index in [4.69, 9.17) is 22.9 Å². The Morgan fingerprint density at radius 1 is 0.650 bits per heavy atom. The van der Waals surface area contributed by atoms with Crippen LogP contribution in [0.1, 0.15) is 0 Å². The van der Waals surface area contributed by atoms with Gasteiger partial charge in [-0.2, -0.15) is 0 Å². The summed E-state index contributed by atoms with van der Waals surface area (Å²) in [4.78, 5) is 42.4. The molecule has 20 heavy (non-hydrogen) atoms. The Bertz CT molecular complexity index is 351. The van der Waals surface area contributed by atoms with Gasteiger partial charge in [0.25, 0.3) is 0 Å². The monoisotopic (exact) mass is 294 g/mol. The number of hydrogen-bond donors (Lipinski definition) is 4. The van der Waals surface area contributed by atoms with Gasteiger partial charge < -0.3 is 41.9 Å². The van der Waals surface area contributed by atoms with E-state index < -0.39 is 49.8 Å². The number of carbonyl (C=O) groups is 4. The Labute approximate surface area is 112 Å². The fraction of sp³-hybridized carbons (Fsp3) is 0.500. The van der Waals surface area contributed by atoms with E-state index in [-0.39, 0.29) is 0 Å². The number of nitrogens with two attached hydrogens (primary N) is 4. The van der Waals surface area contributed by atoms with E-state index in [1.165, 1.54) is 0 Å². The van der Waals surface area contributed by atoms with Gasteiger partial charge in [0.15, 0.2) is 12.2 Å². The molecule has 0 aliphatic carbocycles. The number of rotatable bonds is 7. The highest BCUT2D eigenvalue weighted by molar-refractivity contribution is 5.67. The summed E-state index contributed by atoms with van der Waals surface area (Å²) in [6.07, 6.45) is -7.69. The summed E-state index contributed by atoms with van der Waals surface area (Å²) in [6.45, 7) is -1.23. The van der Waals surface area contributed by atoms with Gasteiger partial charge in [-0.05, 0) is 0 Å². The molecule has 0 spiro atoms. The van der Waals surface area contributed by atoms with E-state index in [1.807, 2.05) is 0 Å². The fourth-order valence-corrected chi connectivity index (χ4v) is 1.06. The standard InChI is InChI=1S/C8H14N4O8/c9-5(13)17-1-3(19-7(11)15)4(20-8(12)16)2-18-6(10)14/h3-4H,1-2H2,(H2,9,13)(H2,10,14)(H2,11,15)(H2,12,16). The second kappa shape index (κ2) is 8.23. The Hall–Kier alpha value is -2.92. The first kappa shape index (κ1) is 17.1. The second-order valence-electron chi connectivity index (χ2n) is 3.21. The molecule has 0 fully saturated rings. The van der Waals surface area contributed by atoms with E-state index in [9.17, 15) is 19.2 Å². The zero-order valence-corrected chi connectivity index (χ0v) is 10.1. The maximum absolute atomic E-state index is 10.7. The molecule has 0 saturated carbocycles. The molecule has 114 valence electrons. The van der Waals surface area contributed by atoms with Gasteiger partial charge in [0.1, 0.15) is 13.2 Å². The van der Waals surface area contributed by atoms with Gasteiger partial charge in [0, 0.05) is 0 Å². The second-order valence-corrected chi connectivity index (χ2v) is 3.21. The summed E-state index contributed by atoms with van der Waals surface area (Å²) in [7, 11) is 0. The lowest BCUT2D eigenvalue weighted by molar-refractivity contribution is -0.0527. The molecule has 12 heteroatoms. The molecule has 0 bridgehead atoms. The summed E-state index contributed by atoms with van der Waals surface area (Å²) < 4.78 is 17.8. The lowest BCUT2D eigenvalue weighted by atomic mass is 10.2. The molecule has 0 aliphatic rings. The maximum atomic E-state index is 10.7. The van der Waals surface area contributed by atoms with Crippen LogP contribution in [0.3, 0.4) is 0 Å². The van der Waals surface area contributed by atoms with Gasteiger partial charge in [-0.1, -0.05) is 0 Å². The first-order chi connectivity index (χ1) is 9.22. The Morgan fingerprint density at radius 3 is 1.15 bits per heavy atom. The van der Waals surface area contributed by atoms with Gasteiger partial charge in [-0.25, -0.2) is 19.2 Å². The molecule has 0 aromatic carbocycles. The number of ether oxygens (including phenoxy) is 4. The molecule has 0 aromatic heterocycles. The predicted octanol–water partition coefficient (Wildman–Crippen LogP) is -1.90. The summed E-state index contributed by atoms with van der Waals surface area (Å²) in [6, 6.07) is 0. The topological polar surface area (TPSA) is 209 Å². The average Bonchev–Trinajstić information content (AvgIpc) is 2.28. The first-order valence-electron chi connectivity index (χ1n) is 4.99. The number of primary amides is 4. The van der Waals surface area contributed by atoms with Crippen molar-refractivity contribution in [2.45, 2.75) is 12.2 Å². The Morgan fingerprint density at radius 2 is 0.950 bits per heavy atom. The average molecular weight is 294 g/mol. The number of carbonyl (C=O) groups excluding carboxylic acids is 4. The molecule has 2 unspecified atom stereocenters. The van der Waals surface area contributed by atoms with Crippen LogP contribution in [0.2, 0.25) is 0 Å². The third kappa shape index (κ3) is 8.21. The van der Waals surface area contributed by atoms with E-state index >= 15 is 0 Å². The lowest BCUT2D eigenvalue weighted by Crippen LogP contribution is -2.44. The van der Waals surface area contributed by atoms with Crippen LogP contribution < -0.4 is 22.9 Å². The quantitative estimate of drug-likeness (QED) is 0.388.